The topological polar surface area (TPSA) is 65.5 Å². The largest absolute Gasteiger partial charge is 0.357 e. The van der Waals surface area contributed by atoms with Crippen molar-refractivity contribution < 1.29 is 4.79 Å². The molecule has 0 fully saturated rings. The first-order valence-electron chi connectivity index (χ1n) is 6.84. The van der Waals surface area contributed by atoms with Crippen LogP contribution < -0.4 is 16.0 Å². The van der Waals surface area contributed by atoms with Gasteiger partial charge in [0, 0.05) is 29.7 Å². The highest BCUT2D eigenvalue weighted by Gasteiger charge is 2.03. The summed E-state index contributed by atoms with van der Waals surface area (Å²) in [6.45, 7) is 8.08. The van der Waals surface area contributed by atoms with Crippen molar-refractivity contribution in [3.8, 4) is 0 Å². The summed E-state index contributed by atoms with van der Waals surface area (Å²) < 4.78 is 0.951. The SMILES string of the molecule is C=CCNC(=NCCNC(=O)c1ccc(Br)cc1)NCC.I. The van der Waals surface area contributed by atoms with Gasteiger partial charge in [0.05, 0.1) is 6.54 Å². The summed E-state index contributed by atoms with van der Waals surface area (Å²) in [6, 6.07) is 7.24. The molecule has 1 rings (SSSR count). The Morgan fingerprint density at radius 2 is 1.95 bits per heavy atom. The normalized spacial score (nSPS) is 10.4. The van der Waals surface area contributed by atoms with Gasteiger partial charge in [0.2, 0.25) is 0 Å². The van der Waals surface area contributed by atoms with Gasteiger partial charge in [0.15, 0.2) is 5.96 Å². The van der Waals surface area contributed by atoms with Crippen LogP contribution in [0.1, 0.15) is 17.3 Å². The van der Waals surface area contributed by atoms with E-state index in [0.29, 0.717) is 25.2 Å². The van der Waals surface area contributed by atoms with E-state index in [1.54, 1.807) is 18.2 Å². The van der Waals surface area contributed by atoms with Crippen molar-refractivity contribution in [2.45, 2.75) is 6.92 Å². The lowest BCUT2D eigenvalue weighted by molar-refractivity contribution is 0.0955. The summed E-state index contributed by atoms with van der Waals surface area (Å²) in [6.07, 6.45) is 1.77. The van der Waals surface area contributed by atoms with Gasteiger partial charge in [0.25, 0.3) is 5.91 Å². The van der Waals surface area contributed by atoms with Crippen molar-refractivity contribution in [3.63, 3.8) is 0 Å². The van der Waals surface area contributed by atoms with Crippen LogP contribution in [0.25, 0.3) is 0 Å². The summed E-state index contributed by atoms with van der Waals surface area (Å²) in [5, 5.41) is 9.05. The fourth-order valence-electron chi connectivity index (χ4n) is 1.55. The number of hydrogen-bond donors (Lipinski definition) is 3. The maximum absolute atomic E-state index is 11.9. The lowest BCUT2D eigenvalue weighted by atomic mass is 10.2. The first-order chi connectivity index (χ1) is 10.2. The summed E-state index contributed by atoms with van der Waals surface area (Å²) in [4.78, 5) is 16.2. The number of nitrogens with one attached hydrogen (secondary N) is 3. The zero-order chi connectivity index (χ0) is 15.5. The van der Waals surface area contributed by atoms with Crippen molar-refractivity contribution in [1.82, 2.24) is 16.0 Å². The molecule has 0 aliphatic heterocycles. The van der Waals surface area contributed by atoms with Gasteiger partial charge >= 0.3 is 0 Å². The Morgan fingerprint density at radius 1 is 1.27 bits per heavy atom. The van der Waals surface area contributed by atoms with Crippen LogP contribution in [-0.2, 0) is 0 Å². The number of nitrogens with zero attached hydrogens (tertiary/aromatic N) is 1. The summed E-state index contributed by atoms with van der Waals surface area (Å²) in [7, 11) is 0. The van der Waals surface area contributed by atoms with E-state index in [0.717, 1.165) is 17.0 Å². The van der Waals surface area contributed by atoms with Gasteiger partial charge in [-0.2, -0.15) is 0 Å². The molecule has 3 N–H and O–H groups in total. The third-order valence-corrected chi connectivity index (χ3v) is 3.06. The molecule has 5 nitrogen and oxygen atoms in total. The lowest BCUT2D eigenvalue weighted by Crippen LogP contribution is -2.38. The van der Waals surface area contributed by atoms with Crippen molar-refractivity contribution in [3.05, 3.63) is 47.0 Å². The van der Waals surface area contributed by atoms with Crippen LogP contribution in [0.15, 0.2) is 46.4 Å². The maximum Gasteiger partial charge on any atom is 0.251 e. The maximum atomic E-state index is 11.9. The Balaban J connectivity index is 0.00000441. The van der Waals surface area contributed by atoms with Crippen LogP contribution in [0.5, 0.6) is 0 Å². The van der Waals surface area contributed by atoms with E-state index in [2.05, 4.69) is 43.5 Å². The standard InChI is InChI=1S/C15H21BrN4O.HI/c1-3-9-19-15(17-4-2)20-11-10-18-14(21)12-5-7-13(16)8-6-12;/h3,5-8H,1,4,9-11H2,2H3,(H,18,21)(H2,17,19,20);1H. The molecule has 0 atom stereocenters. The molecule has 22 heavy (non-hydrogen) atoms. The average molecular weight is 481 g/mol. The fraction of sp³-hybridized carbons (Fsp3) is 0.333. The van der Waals surface area contributed by atoms with Gasteiger partial charge in [-0.25, -0.2) is 0 Å². The number of hydrogen-bond acceptors (Lipinski definition) is 2. The van der Waals surface area contributed by atoms with E-state index < -0.39 is 0 Å². The van der Waals surface area contributed by atoms with Gasteiger partial charge in [-0.15, -0.1) is 30.6 Å². The quantitative estimate of drug-likeness (QED) is 0.185. The van der Waals surface area contributed by atoms with Gasteiger partial charge in [-0.05, 0) is 31.2 Å². The second kappa shape index (κ2) is 12.5. The van der Waals surface area contributed by atoms with Gasteiger partial charge in [-0.3, -0.25) is 9.79 Å². The average Bonchev–Trinajstić information content (AvgIpc) is 2.49. The first-order valence-corrected chi connectivity index (χ1v) is 7.63. The Labute approximate surface area is 157 Å². The van der Waals surface area contributed by atoms with E-state index >= 15 is 0 Å². The number of aliphatic imine (C=N–C) groups is 1. The van der Waals surface area contributed by atoms with E-state index in [1.165, 1.54) is 0 Å². The molecule has 0 heterocycles. The molecule has 1 aromatic rings. The highest BCUT2D eigenvalue weighted by atomic mass is 127. The number of rotatable bonds is 7. The van der Waals surface area contributed by atoms with Crippen molar-refractivity contribution >= 4 is 51.8 Å². The van der Waals surface area contributed by atoms with Crippen LogP contribution in [0.3, 0.4) is 0 Å². The van der Waals surface area contributed by atoms with E-state index in [4.69, 9.17) is 0 Å². The smallest absolute Gasteiger partial charge is 0.251 e. The molecule has 0 radical (unpaired) electrons. The summed E-state index contributed by atoms with van der Waals surface area (Å²) in [5.74, 6) is 0.622. The highest BCUT2D eigenvalue weighted by molar-refractivity contribution is 14.0. The molecule has 0 saturated heterocycles. The second-order valence-corrected chi connectivity index (χ2v) is 5.11. The Kier molecular flexibility index (Phi) is 11.8. The van der Waals surface area contributed by atoms with Crippen molar-refractivity contribution in [1.29, 1.82) is 0 Å². The Hall–Kier alpha value is -1.09. The van der Waals surface area contributed by atoms with E-state index in [-0.39, 0.29) is 29.9 Å². The second-order valence-electron chi connectivity index (χ2n) is 4.19. The Bertz CT molecular complexity index is 491. The molecule has 0 bridgehead atoms. The van der Waals surface area contributed by atoms with Crippen LogP contribution >= 0.6 is 39.9 Å². The van der Waals surface area contributed by atoms with Gasteiger partial charge in [0.1, 0.15) is 0 Å². The van der Waals surface area contributed by atoms with E-state index in [9.17, 15) is 4.79 Å². The van der Waals surface area contributed by atoms with Gasteiger partial charge in [-0.1, -0.05) is 22.0 Å². The predicted octanol–water partition coefficient (Wildman–Crippen LogP) is 2.54. The number of benzene rings is 1. The fourth-order valence-corrected chi connectivity index (χ4v) is 1.82. The molecule has 0 spiro atoms. The molecule has 7 heteroatoms. The molecular formula is C15H22BrIN4O. The number of guanidine groups is 1. The molecule has 0 aliphatic carbocycles. The number of halogens is 2. The molecule has 1 aromatic carbocycles. The minimum atomic E-state index is -0.0956. The third kappa shape index (κ3) is 8.38. The summed E-state index contributed by atoms with van der Waals surface area (Å²) in [5.41, 5.74) is 0.638. The minimum absolute atomic E-state index is 0. The molecule has 0 saturated carbocycles. The van der Waals surface area contributed by atoms with Gasteiger partial charge < -0.3 is 16.0 Å². The van der Waals surface area contributed by atoms with E-state index in [1.807, 2.05) is 19.1 Å². The molecular weight excluding hydrogens is 459 g/mol. The predicted molar refractivity (Wildman–Crippen MR) is 106 cm³/mol. The van der Waals surface area contributed by atoms with Crippen LogP contribution in [0.4, 0.5) is 0 Å². The number of amides is 1. The number of carbonyl (C=O) groups excluding carboxylic acids is 1. The lowest BCUT2D eigenvalue weighted by Gasteiger charge is -2.09. The molecule has 0 aromatic heterocycles. The zero-order valence-corrected chi connectivity index (χ0v) is 16.5. The Morgan fingerprint density at radius 3 is 2.55 bits per heavy atom. The molecule has 122 valence electrons. The summed E-state index contributed by atoms with van der Waals surface area (Å²) >= 11 is 3.34. The minimum Gasteiger partial charge on any atom is -0.357 e. The van der Waals surface area contributed by atoms with Crippen molar-refractivity contribution in [2.24, 2.45) is 4.99 Å². The zero-order valence-electron chi connectivity index (χ0n) is 12.6. The first kappa shape index (κ1) is 20.9. The monoisotopic (exact) mass is 480 g/mol. The van der Waals surface area contributed by atoms with Crippen LogP contribution in [0, 0.1) is 0 Å². The molecule has 1 amide bonds. The van der Waals surface area contributed by atoms with Crippen LogP contribution in [0.2, 0.25) is 0 Å². The third-order valence-electron chi connectivity index (χ3n) is 2.53. The molecule has 0 aliphatic rings. The molecule has 0 unspecified atom stereocenters. The van der Waals surface area contributed by atoms with Crippen molar-refractivity contribution in [2.75, 3.05) is 26.2 Å². The highest BCUT2D eigenvalue weighted by Crippen LogP contribution is 2.10. The number of carbonyl (C=O) groups is 1. The van der Waals surface area contributed by atoms with Crippen LogP contribution in [-0.4, -0.2) is 38.0 Å².